The quantitative estimate of drug-likeness (QED) is 0.175. The van der Waals surface area contributed by atoms with Crippen molar-refractivity contribution in [2.75, 3.05) is 11.9 Å². The molecule has 2 rings (SSSR count). The molecule has 0 aliphatic carbocycles. The lowest BCUT2D eigenvalue weighted by molar-refractivity contribution is -0.141. The number of primary amides is 1. The maximum atomic E-state index is 14.4. The number of carbonyl (C=O) groups is 4. The molecule has 0 aromatic heterocycles. The Hall–Kier alpha value is -3.88. The monoisotopic (exact) mass is 608 g/mol. The van der Waals surface area contributed by atoms with E-state index in [2.05, 4.69) is 24.5 Å². The number of hydrogen-bond donors (Lipinski definition) is 3. The van der Waals surface area contributed by atoms with Crippen molar-refractivity contribution in [3.63, 3.8) is 0 Å². The van der Waals surface area contributed by atoms with Crippen LogP contribution >= 0.6 is 0 Å². The van der Waals surface area contributed by atoms with E-state index in [0.29, 0.717) is 17.7 Å². The van der Waals surface area contributed by atoms with E-state index in [1.54, 1.807) is 20.8 Å². The Morgan fingerprint density at radius 1 is 0.909 bits per heavy atom. The van der Waals surface area contributed by atoms with Crippen LogP contribution in [0, 0.1) is 6.92 Å². The smallest absolute Gasteiger partial charge is 0.408 e. The van der Waals surface area contributed by atoms with Gasteiger partial charge in [-0.2, -0.15) is 0 Å². The number of para-hydroxylation sites is 1. The van der Waals surface area contributed by atoms with Crippen molar-refractivity contribution in [1.29, 1.82) is 0 Å². The Balaban J connectivity index is 2.55. The predicted octanol–water partition coefficient (Wildman–Crippen LogP) is 6.59. The van der Waals surface area contributed by atoms with Crippen molar-refractivity contribution >= 4 is 29.5 Å². The first-order valence-electron chi connectivity index (χ1n) is 15.9. The van der Waals surface area contributed by atoms with E-state index in [4.69, 9.17) is 10.5 Å². The number of rotatable bonds is 17. The highest BCUT2D eigenvalue weighted by molar-refractivity contribution is 5.99. The van der Waals surface area contributed by atoms with E-state index < -0.39 is 35.6 Å². The molecule has 242 valence electrons. The average Bonchev–Trinajstić information content (AvgIpc) is 2.96. The lowest BCUT2D eigenvalue weighted by Crippen LogP contribution is -2.52. The molecule has 44 heavy (non-hydrogen) atoms. The van der Waals surface area contributed by atoms with Crippen LogP contribution in [0.15, 0.2) is 48.5 Å². The SMILES string of the molecule is CCCCCCCCN(C(=O)C(CCC(N)=O)NC(=O)OC(C)(C)C)C(C(=O)Nc1ccccc1C)c1ccc(CC)cc1. The molecule has 0 fully saturated rings. The minimum absolute atomic E-state index is 0.0265. The fourth-order valence-corrected chi connectivity index (χ4v) is 4.95. The van der Waals surface area contributed by atoms with Crippen molar-refractivity contribution < 1.29 is 23.9 Å². The van der Waals surface area contributed by atoms with Gasteiger partial charge in [0.2, 0.25) is 11.8 Å². The van der Waals surface area contributed by atoms with Crippen molar-refractivity contribution in [1.82, 2.24) is 10.2 Å². The molecular formula is C35H52N4O5. The number of nitrogens with two attached hydrogens (primary N) is 1. The highest BCUT2D eigenvalue weighted by Crippen LogP contribution is 2.27. The normalized spacial score (nSPS) is 12.6. The number of nitrogens with zero attached hydrogens (tertiary/aromatic N) is 1. The summed E-state index contributed by atoms with van der Waals surface area (Å²) in [6, 6.07) is 13.0. The predicted molar refractivity (Wildman–Crippen MR) is 175 cm³/mol. The summed E-state index contributed by atoms with van der Waals surface area (Å²) < 4.78 is 5.43. The number of carbonyl (C=O) groups excluding carboxylic acids is 4. The van der Waals surface area contributed by atoms with Gasteiger partial charge in [0, 0.05) is 18.7 Å². The van der Waals surface area contributed by atoms with Crippen LogP contribution in [0.5, 0.6) is 0 Å². The number of aryl methyl sites for hydroxylation is 2. The van der Waals surface area contributed by atoms with Gasteiger partial charge in [-0.05, 0) is 69.7 Å². The molecule has 0 bridgehead atoms. The third-order valence-corrected chi connectivity index (χ3v) is 7.37. The van der Waals surface area contributed by atoms with Crippen LogP contribution in [0.4, 0.5) is 10.5 Å². The van der Waals surface area contributed by atoms with Crippen molar-refractivity contribution in [2.24, 2.45) is 5.73 Å². The number of unbranched alkanes of at least 4 members (excludes halogenated alkanes) is 5. The fraction of sp³-hybridized carbons (Fsp3) is 0.543. The molecule has 2 aromatic carbocycles. The summed E-state index contributed by atoms with van der Waals surface area (Å²) in [5.74, 6) is -1.44. The maximum Gasteiger partial charge on any atom is 0.408 e. The van der Waals surface area contributed by atoms with Crippen LogP contribution in [0.1, 0.15) is 109 Å². The van der Waals surface area contributed by atoms with Crippen LogP contribution in [0.25, 0.3) is 0 Å². The number of alkyl carbamates (subject to hydrolysis) is 1. The van der Waals surface area contributed by atoms with E-state index in [-0.39, 0.29) is 25.3 Å². The van der Waals surface area contributed by atoms with Crippen LogP contribution in [0.2, 0.25) is 0 Å². The molecule has 0 spiro atoms. The van der Waals surface area contributed by atoms with Gasteiger partial charge in [0.25, 0.3) is 5.91 Å². The average molecular weight is 609 g/mol. The second-order valence-corrected chi connectivity index (χ2v) is 12.3. The van der Waals surface area contributed by atoms with E-state index in [0.717, 1.165) is 49.7 Å². The second kappa shape index (κ2) is 18.0. The molecule has 0 heterocycles. The van der Waals surface area contributed by atoms with E-state index in [1.807, 2.05) is 55.5 Å². The van der Waals surface area contributed by atoms with Gasteiger partial charge in [0.1, 0.15) is 17.7 Å². The third kappa shape index (κ3) is 12.4. The molecule has 2 atom stereocenters. The standard InChI is InChI=1S/C35H52N4O5/c1-7-9-10-11-12-15-24-39(33(42)29(22-23-30(36)40)38-34(43)44-35(4,5)6)31(27-20-18-26(8-2)19-21-27)32(41)37-28-17-14-13-16-25(28)3/h13-14,16-21,29,31H,7-12,15,22-24H2,1-6H3,(H2,36,40)(H,37,41)(H,38,43). The second-order valence-electron chi connectivity index (χ2n) is 12.3. The Morgan fingerprint density at radius 3 is 2.14 bits per heavy atom. The van der Waals surface area contributed by atoms with Gasteiger partial charge in [-0.15, -0.1) is 0 Å². The summed E-state index contributed by atoms with van der Waals surface area (Å²) in [6.45, 7) is 11.6. The molecule has 0 aliphatic heterocycles. The molecule has 4 amide bonds. The van der Waals surface area contributed by atoms with Crippen LogP contribution in [0.3, 0.4) is 0 Å². The number of benzene rings is 2. The van der Waals surface area contributed by atoms with E-state index in [9.17, 15) is 19.2 Å². The molecule has 0 aliphatic rings. The van der Waals surface area contributed by atoms with Gasteiger partial charge in [-0.3, -0.25) is 14.4 Å². The molecule has 0 saturated carbocycles. The number of nitrogens with one attached hydrogen (secondary N) is 2. The molecule has 0 saturated heterocycles. The van der Waals surface area contributed by atoms with Gasteiger partial charge in [-0.1, -0.05) is 88.4 Å². The van der Waals surface area contributed by atoms with Crippen molar-refractivity contribution in [2.45, 2.75) is 117 Å². The molecule has 4 N–H and O–H groups in total. The number of amides is 4. The number of anilines is 1. The van der Waals surface area contributed by atoms with E-state index >= 15 is 0 Å². The largest absolute Gasteiger partial charge is 0.444 e. The topological polar surface area (TPSA) is 131 Å². The summed E-state index contributed by atoms with van der Waals surface area (Å²) in [5, 5.41) is 5.69. The van der Waals surface area contributed by atoms with Gasteiger partial charge >= 0.3 is 6.09 Å². The zero-order chi connectivity index (χ0) is 32.7. The Bertz CT molecular complexity index is 1220. The van der Waals surface area contributed by atoms with Gasteiger partial charge in [0.05, 0.1) is 0 Å². The summed E-state index contributed by atoms with van der Waals surface area (Å²) >= 11 is 0. The van der Waals surface area contributed by atoms with Gasteiger partial charge < -0.3 is 26.0 Å². The first-order chi connectivity index (χ1) is 20.9. The van der Waals surface area contributed by atoms with Crippen LogP contribution < -0.4 is 16.4 Å². The van der Waals surface area contributed by atoms with Gasteiger partial charge in [-0.25, -0.2) is 4.79 Å². The minimum atomic E-state index is -1.12. The summed E-state index contributed by atoms with van der Waals surface area (Å²) in [5.41, 5.74) is 7.94. The lowest BCUT2D eigenvalue weighted by atomic mass is 9.99. The van der Waals surface area contributed by atoms with Crippen molar-refractivity contribution in [3.05, 3.63) is 65.2 Å². The summed E-state index contributed by atoms with van der Waals surface area (Å²) in [7, 11) is 0. The van der Waals surface area contributed by atoms with Crippen LogP contribution in [-0.4, -0.2) is 46.9 Å². The number of hydrogen-bond acceptors (Lipinski definition) is 5. The first-order valence-corrected chi connectivity index (χ1v) is 15.9. The highest BCUT2D eigenvalue weighted by Gasteiger charge is 2.36. The maximum absolute atomic E-state index is 14.4. The summed E-state index contributed by atoms with van der Waals surface area (Å²) in [6.07, 6.45) is 5.83. The zero-order valence-corrected chi connectivity index (χ0v) is 27.4. The minimum Gasteiger partial charge on any atom is -0.444 e. The molecule has 9 heteroatoms. The van der Waals surface area contributed by atoms with Crippen molar-refractivity contribution in [3.8, 4) is 0 Å². The Kier molecular flexibility index (Phi) is 14.9. The lowest BCUT2D eigenvalue weighted by Gasteiger charge is -2.35. The van der Waals surface area contributed by atoms with Crippen LogP contribution in [-0.2, 0) is 25.5 Å². The summed E-state index contributed by atoms with van der Waals surface area (Å²) in [4.78, 5) is 54.7. The third-order valence-electron chi connectivity index (χ3n) is 7.37. The number of ether oxygens (including phenoxy) is 1. The fourth-order valence-electron chi connectivity index (χ4n) is 4.95. The molecule has 2 aromatic rings. The Morgan fingerprint density at radius 2 is 1.55 bits per heavy atom. The molecule has 0 radical (unpaired) electrons. The molecular weight excluding hydrogens is 556 g/mol. The Labute approximate surface area is 263 Å². The zero-order valence-electron chi connectivity index (χ0n) is 27.4. The molecule has 2 unspecified atom stereocenters. The van der Waals surface area contributed by atoms with E-state index in [1.165, 1.54) is 4.90 Å². The van der Waals surface area contributed by atoms with Gasteiger partial charge in [0.15, 0.2) is 0 Å². The molecule has 9 nitrogen and oxygen atoms in total. The first kappa shape index (κ1) is 36.3. The highest BCUT2D eigenvalue weighted by atomic mass is 16.6.